The van der Waals surface area contributed by atoms with E-state index in [4.69, 9.17) is 9.47 Å². The second-order valence-electron chi connectivity index (χ2n) is 9.92. The molecule has 1 unspecified atom stereocenters. The van der Waals surface area contributed by atoms with Gasteiger partial charge in [-0.2, -0.15) is 0 Å². The second-order valence-corrected chi connectivity index (χ2v) is 9.92. The fourth-order valence-electron chi connectivity index (χ4n) is 4.70. The van der Waals surface area contributed by atoms with Crippen LogP contribution in [0.25, 0.3) is 0 Å². The highest BCUT2D eigenvalue weighted by Crippen LogP contribution is 2.25. The minimum absolute atomic E-state index is 0.225. The molecule has 2 aromatic rings. The predicted molar refractivity (Wildman–Crippen MR) is 147 cm³/mol. The van der Waals surface area contributed by atoms with Gasteiger partial charge in [-0.15, -0.1) is 0 Å². The summed E-state index contributed by atoms with van der Waals surface area (Å²) < 4.78 is 12.1. The first-order valence-electron chi connectivity index (χ1n) is 13.4. The van der Waals surface area contributed by atoms with Gasteiger partial charge in [-0.1, -0.05) is 42.8 Å². The van der Waals surface area contributed by atoms with Gasteiger partial charge in [0.2, 0.25) is 18.2 Å². The normalized spacial score (nSPS) is 15.4. The monoisotopic (exact) mass is 523 g/mol. The lowest BCUT2D eigenvalue weighted by atomic mass is 10.0. The topological polar surface area (TPSA) is 88.2 Å². The van der Waals surface area contributed by atoms with Gasteiger partial charge in [0.1, 0.15) is 11.8 Å². The fraction of sp³-hybridized carbons (Fsp3) is 0.500. The van der Waals surface area contributed by atoms with Crippen LogP contribution in [-0.2, 0) is 32.3 Å². The summed E-state index contributed by atoms with van der Waals surface area (Å²) in [5, 5.41) is 2.32. The molecule has 8 heteroatoms. The summed E-state index contributed by atoms with van der Waals surface area (Å²) in [4.78, 5) is 39.4. The Morgan fingerprint density at radius 1 is 1.05 bits per heavy atom. The average Bonchev–Trinajstić information content (AvgIpc) is 2.89. The summed E-state index contributed by atoms with van der Waals surface area (Å²) in [6.07, 6.45) is 2.08. The number of benzene rings is 2. The molecule has 1 saturated heterocycles. The van der Waals surface area contributed by atoms with E-state index in [1.165, 1.54) is 21.6 Å². The number of nitrogens with zero attached hydrogens (tertiary/aromatic N) is 2. The van der Waals surface area contributed by atoms with Gasteiger partial charge in [-0.25, -0.2) is 0 Å². The molecule has 1 heterocycles. The summed E-state index contributed by atoms with van der Waals surface area (Å²) >= 11 is 0. The molecule has 0 spiro atoms. The van der Waals surface area contributed by atoms with E-state index in [2.05, 4.69) is 49.2 Å². The SMILES string of the molecule is CCN(CCCOc1cccc(C)c1CN(C=O)C1CCC(=O)NC1=O)CCOCc1ccc(C)cc1C. The standard InChI is InChI=1S/C30H41N3O5/c1-5-32(15-17-37-20-25-11-10-22(2)18-24(25)4)14-7-16-38-28-9-6-8-23(3)26(28)19-33(21-34)27-12-13-29(35)31-30(27)36/h6,8-11,18,21,27H,5,7,12-17,19-20H2,1-4H3,(H,31,35,36). The first kappa shape index (κ1) is 29.3. The third-order valence-electron chi connectivity index (χ3n) is 7.08. The highest BCUT2D eigenvalue weighted by atomic mass is 16.5. The van der Waals surface area contributed by atoms with Gasteiger partial charge in [0.25, 0.3) is 0 Å². The molecule has 0 radical (unpaired) electrons. The van der Waals surface area contributed by atoms with Crippen LogP contribution in [0.15, 0.2) is 36.4 Å². The minimum atomic E-state index is -0.659. The van der Waals surface area contributed by atoms with Crippen molar-refractivity contribution in [3.63, 3.8) is 0 Å². The van der Waals surface area contributed by atoms with Gasteiger partial charge in [0, 0.05) is 25.1 Å². The van der Waals surface area contributed by atoms with Crippen molar-refractivity contribution in [2.75, 3.05) is 32.8 Å². The van der Waals surface area contributed by atoms with Crippen molar-refractivity contribution in [2.24, 2.45) is 0 Å². The lowest BCUT2D eigenvalue weighted by Crippen LogP contribution is -2.51. The van der Waals surface area contributed by atoms with E-state index in [9.17, 15) is 14.4 Å². The molecule has 1 aliphatic heterocycles. The van der Waals surface area contributed by atoms with Gasteiger partial charge in [0.15, 0.2) is 0 Å². The molecule has 0 aromatic heterocycles. The van der Waals surface area contributed by atoms with Crippen molar-refractivity contribution in [2.45, 2.75) is 66.2 Å². The molecule has 0 bridgehead atoms. The number of carbonyl (C=O) groups excluding carboxylic acids is 3. The molecule has 2 aromatic carbocycles. The molecule has 1 N–H and O–H groups in total. The molecular formula is C30H41N3O5. The molecule has 38 heavy (non-hydrogen) atoms. The Kier molecular flexibility index (Phi) is 11.3. The Balaban J connectivity index is 1.46. The van der Waals surface area contributed by atoms with Crippen LogP contribution in [0.1, 0.15) is 54.0 Å². The van der Waals surface area contributed by atoms with Crippen molar-refractivity contribution >= 4 is 18.2 Å². The number of amides is 3. The van der Waals surface area contributed by atoms with Crippen LogP contribution in [0, 0.1) is 20.8 Å². The van der Waals surface area contributed by atoms with E-state index < -0.39 is 11.9 Å². The van der Waals surface area contributed by atoms with E-state index in [-0.39, 0.29) is 18.9 Å². The van der Waals surface area contributed by atoms with E-state index in [1.807, 2.05) is 25.1 Å². The maximum absolute atomic E-state index is 12.3. The molecule has 8 nitrogen and oxygen atoms in total. The zero-order chi connectivity index (χ0) is 27.5. The zero-order valence-electron chi connectivity index (χ0n) is 23.1. The lowest BCUT2D eigenvalue weighted by Gasteiger charge is -2.30. The maximum Gasteiger partial charge on any atom is 0.249 e. The Labute approximate surface area is 226 Å². The molecule has 1 aliphatic rings. The summed E-state index contributed by atoms with van der Waals surface area (Å²) in [5.74, 6) is -0.0166. The van der Waals surface area contributed by atoms with Gasteiger partial charge in [0.05, 0.1) is 26.4 Å². The highest BCUT2D eigenvalue weighted by Gasteiger charge is 2.31. The summed E-state index contributed by atoms with van der Waals surface area (Å²) in [6, 6.07) is 11.6. The van der Waals surface area contributed by atoms with Gasteiger partial charge >= 0.3 is 0 Å². The Bertz CT molecular complexity index is 1100. The average molecular weight is 524 g/mol. The van der Waals surface area contributed by atoms with E-state index in [1.54, 1.807) is 0 Å². The van der Waals surface area contributed by atoms with Crippen molar-refractivity contribution in [3.8, 4) is 5.75 Å². The number of imide groups is 1. The Morgan fingerprint density at radius 3 is 2.58 bits per heavy atom. The van der Waals surface area contributed by atoms with Crippen LogP contribution in [0.5, 0.6) is 5.75 Å². The van der Waals surface area contributed by atoms with Crippen LogP contribution in [-0.4, -0.2) is 66.9 Å². The van der Waals surface area contributed by atoms with Crippen molar-refractivity contribution < 1.29 is 23.9 Å². The number of ether oxygens (including phenoxy) is 2. The minimum Gasteiger partial charge on any atom is -0.493 e. The third kappa shape index (κ3) is 8.39. The van der Waals surface area contributed by atoms with Crippen LogP contribution < -0.4 is 10.1 Å². The lowest BCUT2D eigenvalue weighted by molar-refractivity contribution is -0.141. The number of hydrogen-bond donors (Lipinski definition) is 1. The molecule has 206 valence electrons. The Hall–Kier alpha value is -3.23. The first-order valence-corrected chi connectivity index (χ1v) is 13.4. The zero-order valence-corrected chi connectivity index (χ0v) is 23.1. The predicted octanol–water partition coefficient (Wildman–Crippen LogP) is 3.68. The van der Waals surface area contributed by atoms with Crippen molar-refractivity contribution in [3.05, 3.63) is 64.2 Å². The molecule has 0 saturated carbocycles. The van der Waals surface area contributed by atoms with Crippen LogP contribution >= 0.6 is 0 Å². The smallest absolute Gasteiger partial charge is 0.249 e. The Morgan fingerprint density at radius 2 is 1.87 bits per heavy atom. The van der Waals surface area contributed by atoms with Crippen LogP contribution in [0.2, 0.25) is 0 Å². The summed E-state index contributed by atoms with van der Waals surface area (Å²) in [5.41, 5.74) is 5.61. The highest BCUT2D eigenvalue weighted by molar-refractivity contribution is 6.00. The number of piperidine rings is 1. The summed E-state index contributed by atoms with van der Waals surface area (Å²) in [6.45, 7) is 13.1. The molecule has 3 amide bonds. The van der Waals surface area contributed by atoms with Gasteiger partial charge < -0.3 is 19.3 Å². The largest absolute Gasteiger partial charge is 0.493 e. The van der Waals surface area contributed by atoms with Gasteiger partial charge in [-0.05, 0) is 62.9 Å². The van der Waals surface area contributed by atoms with Crippen LogP contribution in [0.3, 0.4) is 0 Å². The number of hydrogen-bond acceptors (Lipinski definition) is 6. The van der Waals surface area contributed by atoms with E-state index >= 15 is 0 Å². The molecule has 1 fully saturated rings. The third-order valence-corrected chi connectivity index (χ3v) is 7.08. The molecule has 1 atom stereocenters. The first-order chi connectivity index (χ1) is 18.3. The van der Waals surface area contributed by atoms with E-state index in [0.717, 1.165) is 37.2 Å². The fourth-order valence-corrected chi connectivity index (χ4v) is 4.70. The maximum atomic E-state index is 12.3. The molecular weight excluding hydrogens is 482 g/mol. The van der Waals surface area contributed by atoms with Crippen molar-refractivity contribution in [1.29, 1.82) is 0 Å². The molecule has 3 rings (SSSR count). The summed E-state index contributed by atoms with van der Waals surface area (Å²) in [7, 11) is 0. The number of carbonyl (C=O) groups is 3. The number of likely N-dealkylation sites (N-methyl/N-ethyl adjacent to an activating group) is 1. The second kappa shape index (κ2) is 14.6. The van der Waals surface area contributed by atoms with Gasteiger partial charge in [-0.3, -0.25) is 19.7 Å². The number of rotatable bonds is 15. The van der Waals surface area contributed by atoms with Crippen molar-refractivity contribution in [1.82, 2.24) is 15.1 Å². The number of nitrogens with one attached hydrogen (secondary N) is 1. The number of aryl methyl sites for hydroxylation is 3. The van der Waals surface area contributed by atoms with E-state index in [0.29, 0.717) is 38.4 Å². The van der Waals surface area contributed by atoms with Crippen LogP contribution in [0.4, 0.5) is 0 Å². The quantitative estimate of drug-likeness (QED) is 0.218. The molecule has 0 aliphatic carbocycles.